The second-order valence-corrected chi connectivity index (χ2v) is 2.05. The number of aryl methyl sites for hydroxylation is 1. The Morgan fingerprint density at radius 2 is 2.11 bits per heavy atom. The van der Waals surface area contributed by atoms with Crippen LogP contribution in [0.5, 0.6) is 5.75 Å². The van der Waals surface area contributed by atoms with E-state index in [9.17, 15) is 0 Å². The molecule has 0 aromatic heterocycles. The van der Waals surface area contributed by atoms with Crippen LogP contribution in [0.4, 0.5) is 0 Å². The predicted octanol–water partition coefficient (Wildman–Crippen LogP) is 0.494. The van der Waals surface area contributed by atoms with Gasteiger partial charge in [0.15, 0.2) is 0 Å². The van der Waals surface area contributed by atoms with Gasteiger partial charge in [-0.05, 0) is 18.6 Å². The summed E-state index contributed by atoms with van der Waals surface area (Å²) in [5, 5.41) is 9.02. The van der Waals surface area contributed by atoms with Crippen molar-refractivity contribution in [3.63, 3.8) is 0 Å². The summed E-state index contributed by atoms with van der Waals surface area (Å²) in [5.74, 6) is 0.259. The fourth-order valence-electron chi connectivity index (χ4n) is 0.626. The highest BCUT2D eigenvalue weighted by atomic mass is 16.3. The molecule has 1 N–H and O–H groups in total. The second-order valence-electron chi connectivity index (χ2n) is 2.05. The number of rotatable bonds is 0. The third-order valence-corrected chi connectivity index (χ3v) is 1.23. The average Bonchev–Trinajstić information content (AvgIpc) is 1.80. The Morgan fingerprint density at radius 1 is 1.44 bits per heavy atom. The zero-order valence-corrected chi connectivity index (χ0v) is 5.26. The number of benzene rings is 1. The van der Waals surface area contributed by atoms with E-state index >= 15 is 0 Å². The molecule has 0 aliphatic heterocycles. The molecule has 0 aliphatic rings. The van der Waals surface area contributed by atoms with Gasteiger partial charge < -0.3 is 5.11 Å². The van der Waals surface area contributed by atoms with Gasteiger partial charge in [-0.25, -0.2) is 0 Å². The van der Waals surface area contributed by atoms with E-state index in [-0.39, 0.29) is 5.75 Å². The fraction of sp³-hybridized carbons (Fsp3) is 0.143. The molecule has 0 atom stereocenters. The van der Waals surface area contributed by atoms with Crippen molar-refractivity contribution in [2.45, 2.75) is 6.92 Å². The summed E-state index contributed by atoms with van der Waals surface area (Å²) >= 11 is 0. The number of phenols is 1. The van der Waals surface area contributed by atoms with Crippen molar-refractivity contribution in [1.29, 1.82) is 0 Å². The van der Waals surface area contributed by atoms with Gasteiger partial charge in [0.25, 0.3) is 0 Å². The van der Waals surface area contributed by atoms with Gasteiger partial charge in [0.2, 0.25) is 0 Å². The summed E-state index contributed by atoms with van der Waals surface area (Å²) < 4.78 is 0. The summed E-state index contributed by atoms with van der Waals surface area (Å²) in [6.45, 7) is 1.83. The van der Waals surface area contributed by atoms with Crippen LogP contribution >= 0.6 is 0 Å². The largest absolute Gasteiger partial charge is 0.508 e. The first-order chi connectivity index (χ1) is 4.20. The quantitative estimate of drug-likeness (QED) is 0.491. The molecular weight excluding hydrogens is 111 g/mol. The summed E-state index contributed by atoms with van der Waals surface area (Å²) in [4.78, 5) is 0. The molecule has 0 spiro atoms. The summed E-state index contributed by atoms with van der Waals surface area (Å²) in [6, 6.07) is 5.08. The average molecular weight is 118 g/mol. The number of hydrogen-bond donors (Lipinski definition) is 1. The van der Waals surface area contributed by atoms with E-state index in [0.717, 1.165) is 5.56 Å². The molecule has 1 rings (SSSR count). The number of phenolic OH excluding ortho intramolecular Hbond substituents is 1. The van der Waals surface area contributed by atoms with Gasteiger partial charge in [0.05, 0.1) is 0 Å². The van der Waals surface area contributed by atoms with Gasteiger partial charge in [-0.3, -0.25) is 0 Å². The Kier molecular flexibility index (Phi) is 1.47. The minimum atomic E-state index is 0.259. The van der Waals surface area contributed by atoms with E-state index in [1.54, 1.807) is 12.1 Å². The van der Waals surface area contributed by atoms with Crippen LogP contribution in [0.3, 0.4) is 0 Å². The minimum absolute atomic E-state index is 0.259. The van der Waals surface area contributed by atoms with E-state index in [0.29, 0.717) is 5.46 Å². The Bertz CT molecular complexity index is 220. The highest BCUT2D eigenvalue weighted by Gasteiger charge is 1.91. The van der Waals surface area contributed by atoms with E-state index in [1.807, 2.05) is 6.92 Å². The van der Waals surface area contributed by atoms with Crippen molar-refractivity contribution < 1.29 is 5.11 Å². The van der Waals surface area contributed by atoms with Crippen LogP contribution in [0, 0.1) is 6.92 Å². The molecule has 2 heteroatoms. The van der Waals surface area contributed by atoms with E-state index in [1.165, 1.54) is 6.07 Å². The van der Waals surface area contributed by atoms with Crippen molar-refractivity contribution in [3.8, 4) is 5.75 Å². The van der Waals surface area contributed by atoms with Crippen molar-refractivity contribution in [2.75, 3.05) is 0 Å². The van der Waals surface area contributed by atoms with Crippen LogP contribution < -0.4 is 5.46 Å². The van der Waals surface area contributed by atoms with E-state index in [4.69, 9.17) is 13.0 Å². The third-order valence-electron chi connectivity index (χ3n) is 1.23. The Morgan fingerprint density at radius 3 is 2.56 bits per heavy atom. The summed E-state index contributed by atoms with van der Waals surface area (Å²) in [6.07, 6.45) is 0. The van der Waals surface area contributed by atoms with E-state index in [2.05, 4.69) is 0 Å². The number of hydrogen-bond acceptors (Lipinski definition) is 1. The van der Waals surface area contributed by atoms with Crippen LogP contribution in [0.25, 0.3) is 0 Å². The minimum Gasteiger partial charge on any atom is -0.508 e. The molecule has 1 aromatic carbocycles. The van der Waals surface area contributed by atoms with Gasteiger partial charge >= 0.3 is 0 Å². The van der Waals surface area contributed by atoms with Crippen LogP contribution in [0.1, 0.15) is 5.56 Å². The molecule has 0 saturated carbocycles. The highest BCUT2D eigenvalue weighted by molar-refractivity contribution is 6.32. The third kappa shape index (κ3) is 1.25. The first-order valence-electron chi connectivity index (χ1n) is 2.75. The van der Waals surface area contributed by atoms with Crippen LogP contribution in [0.15, 0.2) is 18.2 Å². The fourth-order valence-corrected chi connectivity index (χ4v) is 0.626. The number of aromatic hydroxyl groups is 1. The Hall–Kier alpha value is -0.915. The first-order valence-corrected chi connectivity index (χ1v) is 2.75. The normalized spacial score (nSPS) is 9.44. The van der Waals surface area contributed by atoms with Gasteiger partial charge in [-0.2, -0.15) is 0 Å². The predicted molar refractivity (Wildman–Crippen MR) is 38.2 cm³/mol. The highest BCUT2D eigenvalue weighted by Crippen LogP contribution is 2.10. The van der Waals surface area contributed by atoms with Gasteiger partial charge in [0, 0.05) is 0 Å². The molecule has 9 heavy (non-hydrogen) atoms. The molecule has 2 radical (unpaired) electrons. The van der Waals surface area contributed by atoms with Gasteiger partial charge in [-0.1, -0.05) is 17.6 Å². The molecule has 0 heterocycles. The lowest BCUT2D eigenvalue weighted by Gasteiger charge is -1.97. The molecular formula is C7H7BO. The van der Waals surface area contributed by atoms with Gasteiger partial charge in [0.1, 0.15) is 13.6 Å². The summed E-state index contributed by atoms with van der Waals surface area (Å²) in [7, 11) is 5.37. The maximum Gasteiger partial charge on any atom is 0.117 e. The standard InChI is InChI=1S/C7H7BO/c1-5-2-3-6(8)4-7(5)9/h2-4,9H,1H3. The molecule has 1 nitrogen and oxygen atoms in total. The van der Waals surface area contributed by atoms with Crippen molar-refractivity contribution >= 4 is 13.3 Å². The molecule has 0 unspecified atom stereocenters. The molecule has 0 fully saturated rings. The lowest BCUT2D eigenvalue weighted by atomic mass is 9.95. The molecule has 1 aromatic rings. The van der Waals surface area contributed by atoms with Crippen molar-refractivity contribution in [3.05, 3.63) is 23.8 Å². The topological polar surface area (TPSA) is 20.2 Å². The SMILES string of the molecule is [B]c1ccc(C)c(O)c1. The first kappa shape index (κ1) is 6.21. The zero-order valence-electron chi connectivity index (χ0n) is 5.26. The van der Waals surface area contributed by atoms with E-state index < -0.39 is 0 Å². The van der Waals surface area contributed by atoms with Gasteiger partial charge in [-0.15, -0.1) is 0 Å². The van der Waals surface area contributed by atoms with Crippen LogP contribution in [-0.4, -0.2) is 13.0 Å². The zero-order chi connectivity index (χ0) is 6.85. The molecule has 0 aliphatic carbocycles. The second kappa shape index (κ2) is 2.13. The molecule has 44 valence electrons. The maximum atomic E-state index is 9.02. The van der Waals surface area contributed by atoms with Crippen LogP contribution in [-0.2, 0) is 0 Å². The van der Waals surface area contributed by atoms with Crippen molar-refractivity contribution in [2.24, 2.45) is 0 Å². The molecule has 0 saturated heterocycles. The monoisotopic (exact) mass is 118 g/mol. The summed E-state index contributed by atoms with van der Waals surface area (Å²) in [5.41, 5.74) is 1.45. The van der Waals surface area contributed by atoms with Crippen LogP contribution in [0.2, 0.25) is 0 Å². The molecule has 0 amide bonds. The smallest absolute Gasteiger partial charge is 0.117 e. The Balaban J connectivity index is 3.17. The molecule has 0 bridgehead atoms. The lowest BCUT2D eigenvalue weighted by Crippen LogP contribution is -1.99. The lowest BCUT2D eigenvalue weighted by molar-refractivity contribution is 0.471. The maximum absolute atomic E-state index is 9.02. The Labute approximate surface area is 55.7 Å². The van der Waals surface area contributed by atoms with Crippen molar-refractivity contribution in [1.82, 2.24) is 0 Å².